The van der Waals surface area contributed by atoms with Crippen molar-refractivity contribution in [3.8, 4) is 0 Å². The number of nitrogens with zero attached hydrogens (tertiary/aromatic N) is 1. The van der Waals surface area contributed by atoms with Gasteiger partial charge in [0.1, 0.15) is 0 Å². The Balaban J connectivity index is 1.79. The summed E-state index contributed by atoms with van der Waals surface area (Å²) >= 11 is 0. The Morgan fingerprint density at radius 2 is 1.96 bits per heavy atom. The van der Waals surface area contributed by atoms with Crippen LogP contribution in [0.1, 0.15) is 31.1 Å². The molecule has 122 valence electrons. The highest BCUT2D eigenvalue weighted by atomic mass is 16.1. The third kappa shape index (κ3) is 2.42. The van der Waals surface area contributed by atoms with Crippen molar-refractivity contribution < 1.29 is 4.79 Å². The van der Waals surface area contributed by atoms with E-state index in [2.05, 4.69) is 47.3 Å². The lowest BCUT2D eigenvalue weighted by atomic mass is 9.97. The Labute approximate surface area is 139 Å². The van der Waals surface area contributed by atoms with E-state index in [1.165, 1.54) is 0 Å². The molecule has 0 atom stereocenters. The lowest BCUT2D eigenvalue weighted by Gasteiger charge is -2.18. The van der Waals surface area contributed by atoms with Crippen LogP contribution in [-0.2, 0) is 0 Å². The van der Waals surface area contributed by atoms with Gasteiger partial charge in [-0.25, -0.2) is 0 Å². The van der Waals surface area contributed by atoms with E-state index in [-0.39, 0.29) is 11.3 Å². The zero-order valence-corrected chi connectivity index (χ0v) is 14.0. The number of carbonyl (C=O) groups is 1. The van der Waals surface area contributed by atoms with Crippen molar-refractivity contribution in [2.24, 2.45) is 5.41 Å². The summed E-state index contributed by atoms with van der Waals surface area (Å²) in [4.78, 5) is 15.9. The molecule has 24 heavy (non-hydrogen) atoms. The molecule has 1 amide bonds. The summed E-state index contributed by atoms with van der Waals surface area (Å²) < 4.78 is 0. The number of hydrogen-bond acceptors (Lipinski definition) is 2. The van der Waals surface area contributed by atoms with Crippen LogP contribution in [-0.4, -0.2) is 27.6 Å². The van der Waals surface area contributed by atoms with Crippen LogP contribution in [0.4, 0.5) is 0 Å². The maximum Gasteiger partial charge on any atom is 0.251 e. The zero-order valence-electron chi connectivity index (χ0n) is 14.0. The minimum atomic E-state index is -0.0382. The van der Waals surface area contributed by atoms with E-state index in [4.69, 9.17) is 0 Å². The lowest BCUT2D eigenvalue weighted by molar-refractivity contribution is 0.0939. The number of aromatic amines is 2. The van der Waals surface area contributed by atoms with Crippen LogP contribution in [0.5, 0.6) is 0 Å². The lowest BCUT2D eigenvalue weighted by Crippen LogP contribution is -2.32. The van der Waals surface area contributed by atoms with Crippen molar-refractivity contribution >= 4 is 38.6 Å². The number of nitrogens with one attached hydrogen (secondary N) is 3. The number of benzene rings is 2. The average Bonchev–Trinajstić information content (AvgIpc) is 3.14. The summed E-state index contributed by atoms with van der Waals surface area (Å²) in [5, 5.41) is 13.3. The van der Waals surface area contributed by atoms with Crippen molar-refractivity contribution in [1.29, 1.82) is 0 Å². The molecular weight excluding hydrogens is 300 g/mol. The third-order valence-corrected chi connectivity index (χ3v) is 4.23. The second kappa shape index (κ2) is 5.09. The number of rotatable bonds is 2. The standard InChI is InChI=1S/C19H20N4O/c1-19(2,3)10-20-18(24)11-5-7-15-14(8-11)13-6-4-12-9-21-23-16(12)17(13)22-15/h4-9,22H,10H2,1-3H3,(H,20,24)(H,21,23). The highest BCUT2D eigenvalue weighted by Crippen LogP contribution is 2.30. The van der Waals surface area contributed by atoms with E-state index in [1.54, 1.807) is 0 Å². The predicted octanol–water partition coefficient (Wildman–Crippen LogP) is 3.97. The second-order valence-electron chi connectivity index (χ2n) is 7.45. The summed E-state index contributed by atoms with van der Waals surface area (Å²) in [6.45, 7) is 6.95. The van der Waals surface area contributed by atoms with Gasteiger partial charge >= 0.3 is 0 Å². The molecule has 0 saturated heterocycles. The molecule has 5 nitrogen and oxygen atoms in total. The topological polar surface area (TPSA) is 73.6 Å². The summed E-state index contributed by atoms with van der Waals surface area (Å²) in [5.74, 6) is -0.0382. The highest BCUT2D eigenvalue weighted by molar-refractivity contribution is 6.16. The average molecular weight is 320 g/mol. The molecule has 5 heteroatoms. The Bertz CT molecular complexity index is 1070. The predicted molar refractivity (Wildman–Crippen MR) is 97.2 cm³/mol. The maximum absolute atomic E-state index is 12.4. The van der Waals surface area contributed by atoms with Crippen molar-refractivity contribution in [2.75, 3.05) is 6.54 Å². The van der Waals surface area contributed by atoms with E-state index in [0.29, 0.717) is 12.1 Å². The number of hydrogen-bond donors (Lipinski definition) is 3. The molecule has 0 spiro atoms. The molecule has 4 aromatic rings. The fourth-order valence-electron chi connectivity index (χ4n) is 2.97. The molecule has 3 N–H and O–H groups in total. The van der Waals surface area contributed by atoms with Crippen LogP contribution in [0.15, 0.2) is 36.5 Å². The van der Waals surface area contributed by atoms with Crippen LogP contribution in [0.2, 0.25) is 0 Å². The molecule has 0 aliphatic rings. The van der Waals surface area contributed by atoms with Crippen LogP contribution in [0.3, 0.4) is 0 Å². The molecule has 4 rings (SSSR count). The van der Waals surface area contributed by atoms with E-state index in [0.717, 1.165) is 32.7 Å². The fourth-order valence-corrected chi connectivity index (χ4v) is 2.97. The molecule has 0 bridgehead atoms. The van der Waals surface area contributed by atoms with Gasteiger partial charge in [0.25, 0.3) is 5.91 Å². The van der Waals surface area contributed by atoms with Crippen molar-refractivity contribution in [1.82, 2.24) is 20.5 Å². The fraction of sp³-hybridized carbons (Fsp3) is 0.263. The quantitative estimate of drug-likeness (QED) is 0.523. The molecule has 2 heterocycles. The van der Waals surface area contributed by atoms with E-state index in [1.807, 2.05) is 30.5 Å². The number of aromatic nitrogens is 3. The maximum atomic E-state index is 12.4. The van der Waals surface area contributed by atoms with Crippen LogP contribution in [0.25, 0.3) is 32.7 Å². The molecule has 2 aromatic heterocycles. The molecule has 0 aliphatic carbocycles. The molecule has 0 unspecified atom stereocenters. The molecule has 0 fully saturated rings. The zero-order chi connectivity index (χ0) is 16.9. The molecule has 2 aromatic carbocycles. The van der Waals surface area contributed by atoms with E-state index < -0.39 is 0 Å². The first-order chi connectivity index (χ1) is 11.4. The third-order valence-electron chi connectivity index (χ3n) is 4.23. The number of amides is 1. The van der Waals surface area contributed by atoms with Crippen LogP contribution in [0, 0.1) is 5.41 Å². The van der Waals surface area contributed by atoms with Crippen molar-refractivity contribution in [3.05, 3.63) is 42.1 Å². The number of carbonyl (C=O) groups excluding carboxylic acids is 1. The minimum absolute atomic E-state index is 0.0382. The summed E-state index contributed by atoms with van der Waals surface area (Å²) in [5.41, 5.74) is 3.76. The van der Waals surface area contributed by atoms with Gasteiger partial charge in [0.15, 0.2) is 0 Å². The Hall–Kier alpha value is -2.82. The summed E-state index contributed by atoms with van der Waals surface area (Å²) in [6, 6.07) is 9.89. The normalized spacial score (nSPS) is 12.3. The van der Waals surface area contributed by atoms with Gasteiger partial charge in [-0.05, 0) is 23.6 Å². The Morgan fingerprint density at radius 3 is 2.75 bits per heavy atom. The first-order valence-electron chi connectivity index (χ1n) is 8.08. The summed E-state index contributed by atoms with van der Waals surface area (Å²) in [6.07, 6.45) is 1.81. The first kappa shape index (κ1) is 14.8. The highest BCUT2D eigenvalue weighted by Gasteiger charge is 2.15. The van der Waals surface area contributed by atoms with Gasteiger partial charge in [0, 0.05) is 33.8 Å². The van der Waals surface area contributed by atoms with Gasteiger partial charge in [-0.15, -0.1) is 0 Å². The van der Waals surface area contributed by atoms with Gasteiger partial charge in [0.05, 0.1) is 17.2 Å². The SMILES string of the molecule is CC(C)(C)CNC(=O)c1ccc2[nH]c3c(ccc4cn[nH]c43)c2c1. The van der Waals surface area contributed by atoms with Crippen molar-refractivity contribution in [2.45, 2.75) is 20.8 Å². The van der Waals surface area contributed by atoms with Gasteiger partial charge in [-0.2, -0.15) is 5.10 Å². The van der Waals surface area contributed by atoms with E-state index in [9.17, 15) is 4.79 Å². The van der Waals surface area contributed by atoms with Gasteiger partial charge in [0.2, 0.25) is 0 Å². The second-order valence-corrected chi connectivity index (χ2v) is 7.45. The Morgan fingerprint density at radius 1 is 1.12 bits per heavy atom. The Kier molecular flexibility index (Phi) is 3.13. The van der Waals surface area contributed by atoms with E-state index >= 15 is 0 Å². The molecule has 0 radical (unpaired) electrons. The molecular formula is C19H20N4O. The van der Waals surface area contributed by atoms with Gasteiger partial charge < -0.3 is 10.3 Å². The van der Waals surface area contributed by atoms with Crippen LogP contribution < -0.4 is 5.32 Å². The monoisotopic (exact) mass is 320 g/mol. The molecule has 0 saturated carbocycles. The number of H-pyrrole nitrogens is 2. The molecule has 0 aliphatic heterocycles. The largest absolute Gasteiger partial charge is 0.353 e. The number of fused-ring (bicyclic) bond motifs is 5. The minimum Gasteiger partial charge on any atom is -0.353 e. The van der Waals surface area contributed by atoms with Crippen molar-refractivity contribution in [3.63, 3.8) is 0 Å². The van der Waals surface area contributed by atoms with Gasteiger partial charge in [-0.1, -0.05) is 32.9 Å². The van der Waals surface area contributed by atoms with Gasteiger partial charge in [-0.3, -0.25) is 9.89 Å². The first-order valence-corrected chi connectivity index (χ1v) is 8.08. The van der Waals surface area contributed by atoms with Crippen LogP contribution >= 0.6 is 0 Å². The summed E-state index contributed by atoms with van der Waals surface area (Å²) in [7, 11) is 0. The smallest absolute Gasteiger partial charge is 0.251 e.